The number of anilines is 2. The second-order valence-corrected chi connectivity index (χ2v) is 9.45. The van der Waals surface area contributed by atoms with Gasteiger partial charge in [-0.05, 0) is 37.3 Å². The Labute approximate surface area is 191 Å². The molecule has 0 spiro atoms. The lowest BCUT2D eigenvalue weighted by atomic mass is 10.1. The van der Waals surface area contributed by atoms with E-state index in [9.17, 15) is 18.0 Å². The van der Waals surface area contributed by atoms with Crippen LogP contribution < -0.4 is 15.0 Å². The summed E-state index contributed by atoms with van der Waals surface area (Å²) in [6.45, 7) is 1.88. The lowest BCUT2D eigenvalue weighted by molar-refractivity contribution is -0.141. The van der Waals surface area contributed by atoms with E-state index in [0.717, 1.165) is 53.4 Å². The number of halogens is 3. The molecule has 1 saturated heterocycles. The molecule has 32 heavy (non-hydrogen) atoms. The second-order valence-electron chi connectivity index (χ2n) is 7.30. The first-order valence-corrected chi connectivity index (χ1v) is 12.0. The lowest BCUT2D eigenvalue weighted by Gasteiger charge is -2.30. The van der Waals surface area contributed by atoms with Gasteiger partial charge in [-0.3, -0.25) is 4.79 Å². The zero-order valence-corrected chi connectivity index (χ0v) is 19.0. The normalized spacial score (nSPS) is 15.2. The molecule has 0 saturated carbocycles. The molecule has 1 amide bonds. The number of hydrogen-bond acceptors (Lipinski definition) is 7. The molecule has 3 heterocycles. The summed E-state index contributed by atoms with van der Waals surface area (Å²) >= 11 is 3.40. The van der Waals surface area contributed by atoms with E-state index in [2.05, 4.69) is 21.5 Å². The highest BCUT2D eigenvalue weighted by atomic mass is 32.2. The van der Waals surface area contributed by atoms with Crippen LogP contribution in [0.1, 0.15) is 29.0 Å². The van der Waals surface area contributed by atoms with Gasteiger partial charge in [0, 0.05) is 24.4 Å². The van der Waals surface area contributed by atoms with E-state index in [1.165, 1.54) is 24.5 Å². The Morgan fingerprint density at radius 3 is 2.66 bits per heavy atom. The van der Waals surface area contributed by atoms with Gasteiger partial charge < -0.3 is 15.0 Å². The van der Waals surface area contributed by atoms with E-state index in [1.54, 1.807) is 12.1 Å². The zero-order valence-electron chi connectivity index (χ0n) is 17.4. The smallest absolute Gasteiger partial charge is 0.433 e. The summed E-state index contributed by atoms with van der Waals surface area (Å²) < 4.78 is 45.0. The van der Waals surface area contributed by atoms with Crippen molar-refractivity contribution in [1.82, 2.24) is 9.97 Å². The zero-order chi connectivity index (χ0) is 22.9. The summed E-state index contributed by atoms with van der Waals surface area (Å²) in [6.07, 6.45) is -0.289. The molecule has 6 nitrogen and oxygen atoms in total. The first-order valence-electron chi connectivity index (χ1n) is 9.90. The Hall–Kier alpha value is -2.53. The Kier molecular flexibility index (Phi) is 6.47. The van der Waals surface area contributed by atoms with Crippen LogP contribution in [0.4, 0.5) is 24.0 Å². The van der Waals surface area contributed by atoms with E-state index >= 15 is 0 Å². The summed E-state index contributed by atoms with van der Waals surface area (Å²) in [5, 5.41) is 4.20. The van der Waals surface area contributed by atoms with Crippen LogP contribution in [0.15, 0.2) is 30.3 Å². The maximum atomic E-state index is 12.9. The van der Waals surface area contributed by atoms with Crippen molar-refractivity contribution in [3.05, 3.63) is 41.7 Å². The molecule has 0 aliphatic carbocycles. The topological polar surface area (TPSA) is 67.3 Å². The van der Waals surface area contributed by atoms with Gasteiger partial charge in [0.2, 0.25) is 0 Å². The van der Waals surface area contributed by atoms with Gasteiger partial charge >= 0.3 is 6.18 Å². The van der Waals surface area contributed by atoms with Crippen molar-refractivity contribution in [3.8, 4) is 5.75 Å². The highest BCUT2D eigenvalue weighted by Gasteiger charge is 2.33. The number of carbonyl (C=O) groups is 1. The van der Waals surface area contributed by atoms with Gasteiger partial charge in [0.1, 0.15) is 17.1 Å². The van der Waals surface area contributed by atoms with Gasteiger partial charge in [-0.1, -0.05) is 17.4 Å². The largest absolute Gasteiger partial charge is 0.494 e. The van der Waals surface area contributed by atoms with E-state index in [-0.39, 0.29) is 5.69 Å². The number of ether oxygens (including phenoxy) is 1. The number of nitrogens with zero attached hydrogens (tertiary/aromatic N) is 3. The fraction of sp³-hybridized carbons (Fsp3) is 0.381. The van der Waals surface area contributed by atoms with Crippen LogP contribution in [0, 0.1) is 0 Å². The van der Waals surface area contributed by atoms with E-state index in [4.69, 9.17) is 9.72 Å². The number of piperidine rings is 1. The second kappa shape index (κ2) is 9.14. The van der Waals surface area contributed by atoms with Gasteiger partial charge in [0.25, 0.3) is 5.91 Å². The molecule has 0 atom stereocenters. The SMILES string of the molecule is COc1cc2nc(N3CCC(SC)CC3)sc2cc1NC(=O)c1cccc(C(F)(F)F)n1. The average Bonchev–Trinajstić information content (AvgIpc) is 3.21. The average molecular weight is 483 g/mol. The number of nitrogens with one attached hydrogen (secondary N) is 1. The van der Waals surface area contributed by atoms with Crippen LogP contribution in [0.25, 0.3) is 10.2 Å². The first kappa shape index (κ1) is 22.7. The Bertz CT molecular complexity index is 1130. The summed E-state index contributed by atoms with van der Waals surface area (Å²) in [5.74, 6) is -0.381. The molecule has 1 aliphatic rings. The van der Waals surface area contributed by atoms with E-state index < -0.39 is 17.8 Å². The standard InChI is InChI=1S/C21H21F3N4O2S2/c1-30-16-10-15-17(32-20(27-15)28-8-6-12(31-2)7-9-28)11-14(16)26-19(29)13-4-3-5-18(25-13)21(22,23)24/h3-5,10-12H,6-9H2,1-2H3,(H,26,29). The summed E-state index contributed by atoms with van der Waals surface area (Å²) in [6, 6.07) is 6.67. The number of fused-ring (bicyclic) bond motifs is 1. The van der Waals surface area contributed by atoms with Crippen molar-refractivity contribution in [2.24, 2.45) is 0 Å². The maximum absolute atomic E-state index is 12.9. The van der Waals surface area contributed by atoms with Crippen LogP contribution in [-0.2, 0) is 6.18 Å². The molecule has 1 N–H and O–H groups in total. The number of aromatic nitrogens is 2. The molecule has 0 unspecified atom stereocenters. The summed E-state index contributed by atoms with van der Waals surface area (Å²) in [5.41, 5.74) is -0.363. The Morgan fingerprint density at radius 2 is 2.00 bits per heavy atom. The van der Waals surface area contributed by atoms with Gasteiger partial charge in [-0.15, -0.1) is 0 Å². The highest BCUT2D eigenvalue weighted by Crippen LogP contribution is 2.37. The molecule has 170 valence electrons. The van der Waals surface area contributed by atoms with Crippen LogP contribution in [0.5, 0.6) is 5.75 Å². The van der Waals surface area contributed by atoms with E-state index in [1.807, 2.05) is 11.8 Å². The molecule has 3 aromatic rings. The van der Waals surface area contributed by atoms with Crippen molar-refractivity contribution in [2.75, 3.05) is 36.7 Å². The number of amides is 1. The van der Waals surface area contributed by atoms with Crippen LogP contribution in [-0.4, -0.2) is 47.6 Å². The summed E-state index contributed by atoms with van der Waals surface area (Å²) in [7, 11) is 1.46. The highest BCUT2D eigenvalue weighted by molar-refractivity contribution is 7.99. The predicted molar refractivity (Wildman–Crippen MR) is 122 cm³/mol. The number of carbonyl (C=O) groups excluding carboxylic acids is 1. The van der Waals surface area contributed by atoms with Gasteiger partial charge in [-0.25, -0.2) is 9.97 Å². The number of thioether (sulfide) groups is 1. The number of benzene rings is 1. The number of rotatable bonds is 5. The molecule has 2 aromatic heterocycles. The van der Waals surface area contributed by atoms with Crippen molar-refractivity contribution in [2.45, 2.75) is 24.3 Å². The molecule has 1 fully saturated rings. The van der Waals surface area contributed by atoms with E-state index in [0.29, 0.717) is 16.7 Å². The minimum absolute atomic E-state index is 0.330. The van der Waals surface area contributed by atoms with Crippen LogP contribution >= 0.6 is 23.1 Å². The molecular weight excluding hydrogens is 461 g/mol. The molecule has 1 aliphatic heterocycles. The van der Waals surface area contributed by atoms with Crippen LogP contribution in [0.2, 0.25) is 0 Å². The van der Waals surface area contributed by atoms with Crippen molar-refractivity contribution >= 4 is 50.0 Å². The minimum Gasteiger partial charge on any atom is -0.494 e. The quantitative estimate of drug-likeness (QED) is 0.532. The predicted octanol–water partition coefficient (Wildman–Crippen LogP) is 5.30. The molecular formula is C21H21F3N4O2S2. The number of methoxy groups -OCH3 is 1. The molecule has 0 bridgehead atoms. The molecule has 11 heteroatoms. The van der Waals surface area contributed by atoms with Gasteiger partial charge in [0.05, 0.1) is 23.0 Å². The van der Waals surface area contributed by atoms with Crippen molar-refractivity contribution in [1.29, 1.82) is 0 Å². The number of alkyl halides is 3. The van der Waals surface area contributed by atoms with Crippen LogP contribution in [0.3, 0.4) is 0 Å². The first-order chi connectivity index (χ1) is 15.3. The lowest BCUT2D eigenvalue weighted by Crippen LogP contribution is -2.34. The third-order valence-corrected chi connectivity index (χ3v) is 7.48. The number of thiazole rings is 1. The fourth-order valence-electron chi connectivity index (χ4n) is 3.53. The molecule has 0 radical (unpaired) electrons. The Morgan fingerprint density at radius 1 is 1.25 bits per heavy atom. The number of pyridine rings is 1. The van der Waals surface area contributed by atoms with Crippen molar-refractivity contribution < 1.29 is 22.7 Å². The fourth-order valence-corrected chi connectivity index (χ4v) is 5.25. The van der Waals surface area contributed by atoms with Crippen molar-refractivity contribution in [3.63, 3.8) is 0 Å². The van der Waals surface area contributed by atoms with Gasteiger partial charge in [0.15, 0.2) is 5.13 Å². The third kappa shape index (κ3) is 4.78. The molecule has 1 aromatic carbocycles. The summed E-state index contributed by atoms with van der Waals surface area (Å²) in [4.78, 5) is 23.0. The Balaban J connectivity index is 1.58. The third-order valence-electron chi connectivity index (χ3n) is 5.26. The molecule has 4 rings (SSSR count). The number of hydrogen-bond donors (Lipinski definition) is 1. The monoisotopic (exact) mass is 482 g/mol. The minimum atomic E-state index is -4.63. The van der Waals surface area contributed by atoms with Gasteiger partial charge in [-0.2, -0.15) is 24.9 Å². The maximum Gasteiger partial charge on any atom is 0.433 e.